The second kappa shape index (κ2) is 43.8. The third kappa shape index (κ3) is 39.6. The molecule has 2 atom stereocenters. The molecule has 0 fully saturated rings. The molecule has 0 aromatic rings. The number of hydrogen-bond acceptors (Lipinski definition) is 3. The lowest BCUT2D eigenvalue weighted by Gasteiger charge is -2.19. The molecule has 0 aromatic carbocycles. The molecule has 52 heavy (non-hydrogen) atoms. The van der Waals surface area contributed by atoms with Crippen molar-refractivity contribution in [3.05, 3.63) is 48.6 Å². The number of carbonyl (C=O) groups excluding carboxylic acids is 1. The average Bonchev–Trinajstić information content (AvgIpc) is 3.15. The fourth-order valence-corrected chi connectivity index (χ4v) is 6.73. The normalized spacial score (nSPS) is 13.4. The van der Waals surface area contributed by atoms with Crippen molar-refractivity contribution in [1.29, 1.82) is 0 Å². The van der Waals surface area contributed by atoms with Crippen molar-refractivity contribution in [2.24, 2.45) is 0 Å². The number of unbranched alkanes of at least 4 members (excludes halogenated alkanes) is 28. The van der Waals surface area contributed by atoms with E-state index in [4.69, 9.17) is 0 Å². The lowest BCUT2D eigenvalue weighted by atomic mass is 10.0. The molecule has 0 aliphatic heterocycles. The van der Waals surface area contributed by atoms with Crippen molar-refractivity contribution in [1.82, 2.24) is 5.32 Å². The summed E-state index contributed by atoms with van der Waals surface area (Å²) in [5, 5.41) is 23.0. The van der Waals surface area contributed by atoms with E-state index in [9.17, 15) is 15.0 Å². The Morgan fingerprint density at radius 1 is 0.442 bits per heavy atom. The lowest BCUT2D eigenvalue weighted by molar-refractivity contribution is -0.123. The van der Waals surface area contributed by atoms with Gasteiger partial charge in [-0.3, -0.25) is 4.79 Å². The molecular formula is C48H89NO3. The largest absolute Gasteiger partial charge is 0.394 e. The van der Waals surface area contributed by atoms with Gasteiger partial charge in [0.1, 0.15) is 0 Å². The number of hydrogen-bond donors (Lipinski definition) is 3. The van der Waals surface area contributed by atoms with E-state index in [0.29, 0.717) is 6.42 Å². The molecule has 0 rings (SSSR count). The van der Waals surface area contributed by atoms with Crippen molar-refractivity contribution in [2.45, 2.75) is 244 Å². The van der Waals surface area contributed by atoms with Gasteiger partial charge in [0, 0.05) is 6.42 Å². The van der Waals surface area contributed by atoms with Gasteiger partial charge < -0.3 is 15.5 Å². The van der Waals surface area contributed by atoms with Crippen LogP contribution in [0.2, 0.25) is 0 Å². The molecule has 304 valence electrons. The standard InChI is InChI=1S/C48H89NO3/c1-3-5-7-9-11-13-15-17-19-20-21-22-23-24-25-26-27-28-29-30-32-34-36-38-40-42-44-48(52)49-46(45-50)47(51)43-41-39-37-35-33-31-18-16-14-12-10-8-6-4-2/h14,16,24-25,33,35,41,43,46-47,50-51H,3-13,15,17-23,26-32,34,36-40,42,44-45H2,1-2H3,(H,49,52)/b16-14+,25-24-,35-33+,43-41+. The first-order valence-corrected chi connectivity index (χ1v) is 22.9. The van der Waals surface area contributed by atoms with E-state index in [1.165, 1.54) is 173 Å². The summed E-state index contributed by atoms with van der Waals surface area (Å²) in [4.78, 5) is 12.4. The van der Waals surface area contributed by atoms with Crippen LogP contribution in [0.5, 0.6) is 0 Å². The van der Waals surface area contributed by atoms with Gasteiger partial charge in [-0.15, -0.1) is 0 Å². The number of carbonyl (C=O) groups is 1. The van der Waals surface area contributed by atoms with Crippen LogP contribution in [0.15, 0.2) is 48.6 Å². The van der Waals surface area contributed by atoms with Gasteiger partial charge in [-0.2, -0.15) is 0 Å². The van der Waals surface area contributed by atoms with Gasteiger partial charge in [0.05, 0.1) is 18.8 Å². The number of rotatable bonds is 41. The monoisotopic (exact) mass is 728 g/mol. The van der Waals surface area contributed by atoms with E-state index in [1.807, 2.05) is 6.08 Å². The molecule has 4 heteroatoms. The Balaban J connectivity index is 3.56. The summed E-state index contributed by atoms with van der Waals surface area (Å²) >= 11 is 0. The Bertz CT molecular complexity index is 831. The first kappa shape index (κ1) is 50.4. The number of aliphatic hydroxyl groups excluding tert-OH is 2. The SMILES string of the molecule is CCCCCC/C=C/CC/C=C/CC/C=C/C(O)C(CO)NC(=O)CCCCCCCCCCCC/C=C\CCCCCCCCCCCCCC. The van der Waals surface area contributed by atoms with E-state index in [-0.39, 0.29) is 12.5 Å². The van der Waals surface area contributed by atoms with E-state index >= 15 is 0 Å². The van der Waals surface area contributed by atoms with Crippen molar-refractivity contribution in [2.75, 3.05) is 6.61 Å². The van der Waals surface area contributed by atoms with Gasteiger partial charge in [0.25, 0.3) is 0 Å². The van der Waals surface area contributed by atoms with Crippen LogP contribution in [-0.2, 0) is 4.79 Å². The zero-order valence-corrected chi connectivity index (χ0v) is 34.8. The minimum Gasteiger partial charge on any atom is -0.394 e. The highest BCUT2D eigenvalue weighted by atomic mass is 16.3. The molecule has 0 saturated carbocycles. The minimum atomic E-state index is -0.870. The highest BCUT2D eigenvalue weighted by Gasteiger charge is 2.17. The highest BCUT2D eigenvalue weighted by molar-refractivity contribution is 5.76. The molecule has 4 nitrogen and oxygen atoms in total. The second-order valence-electron chi connectivity index (χ2n) is 15.4. The maximum absolute atomic E-state index is 12.4. The second-order valence-corrected chi connectivity index (χ2v) is 15.4. The summed E-state index contributed by atoms with van der Waals surface area (Å²) in [5.41, 5.74) is 0. The first-order chi connectivity index (χ1) is 25.7. The molecular weight excluding hydrogens is 639 g/mol. The Kier molecular flexibility index (Phi) is 42.4. The molecule has 0 aliphatic carbocycles. The van der Waals surface area contributed by atoms with Gasteiger partial charge in [-0.25, -0.2) is 0 Å². The Labute approximate surface area is 324 Å². The molecule has 0 spiro atoms. The summed E-state index contributed by atoms with van der Waals surface area (Å²) in [7, 11) is 0. The summed E-state index contributed by atoms with van der Waals surface area (Å²) in [6, 6.07) is -0.645. The van der Waals surface area contributed by atoms with Crippen LogP contribution in [0, 0.1) is 0 Å². The number of nitrogens with one attached hydrogen (secondary N) is 1. The molecule has 0 saturated heterocycles. The Morgan fingerprint density at radius 2 is 0.750 bits per heavy atom. The van der Waals surface area contributed by atoms with E-state index in [1.54, 1.807) is 6.08 Å². The van der Waals surface area contributed by atoms with Gasteiger partial charge in [0.15, 0.2) is 0 Å². The van der Waals surface area contributed by atoms with Crippen LogP contribution >= 0.6 is 0 Å². The summed E-state index contributed by atoms with van der Waals surface area (Å²) in [6.45, 7) is 4.27. The molecule has 0 aliphatic rings. The van der Waals surface area contributed by atoms with Crippen molar-refractivity contribution < 1.29 is 15.0 Å². The van der Waals surface area contributed by atoms with Gasteiger partial charge in [-0.1, -0.05) is 204 Å². The number of aliphatic hydroxyl groups is 2. The minimum absolute atomic E-state index is 0.0800. The molecule has 0 aromatic heterocycles. The third-order valence-corrected chi connectivity index (χ3v) is 10.3. The summed E-state index contributed by atoms with van der Waals surface area (Å²) in [6.07, 6.45) is 59.5. The molecule has 0 heterocycles. The predicted octanol–water partition coefficient (Wildman–Crippen LogP) is 14.4. The molecule has 2 unspecified atom stereocenters. The number of amides is 1. The third-order valence-electron chi connectivity index (χ3n) is 10.3. The molecule has 0 bridgehead atoms. The van der Waals surface area contributed by atoms with E-state index < -0.39 is 12.1 Å². The topological polar surface area (TPSA) is 69.6 Å². The van der Waals surface area contributed by atoms with Crippen LogP contribution in [0.3, 0.4) is 0 Å². The molecule has 3 N–H and O–H groups in total. The molecule has 1 amide bonds. The van der Waals surface area contributed by atoms with Crippen LogP contribution in [-0.4, -0.2) is 34.9 Å². The summed E-state index contributed by atoms with van der Waals surface area (Å²) < 4.78 is 0. The lowest BCUT2D eigenvalue weighted by Crippen LogP contribution is -2.45. The quantitative estimate of drug-likeness (QED) is 0.0434. The van der Waals surface area contributed by atoms with Gasteiger partial charge >= 0.3 is 0 Å². The highest BCUT2D eigenvalue weighted by Crippen LogP contribution is 2.15. The van der Waals surface area contributed by atoms with Crippen LogP contribution in [0.1, 0.15) is 232 Å². The van der Waals surface area contributed by atoms with Gasteiger partial charge in [0.2, 0.25) is 5.91 Å². The van der Waals surface area contributed by atoms with Crippen molar-refractivity contribution in [3.8, 4) is 0 Å². The zero-order valence-electron chi connectivity index (χ0n) is 34.8. The first-order valence-electron chi connectivity index (χ1n) is 22.9. The van der Waals surface area contributed by atoms with Crippen molar-refractivity contribution in [3.63, 3.8) is 0 Å². The summed E-state index contributed by atoms with van der Waals surface area (Å²) in [5.74, 6) is -0.0800. The maximum Gasteiger partial charge on any atom is 0.220 e. The van der Waals surface area contributed by atoms with E-state index in [0.717, 1.165) is 38.5 Å². The van der Waals surface area contributed by atoms with Crippen LogP contribution in [0.25, 0.3) is 0 Å². The van der Waals surface area contributed by atoms with Gasteiger partial charge in [-0.05, 0) is 70.6 Å². The van der Waals surface area contributed by atoms with Crippen LogP contribution in [0.4, 0.5) is 0 Å². The number of allylic oxidation sites excluding steroid dienone is 7. The van der Waals surface area contributed by atoms with E-state index in [2.05, 4.69) is 55.6 Å². The van der Waals surface area contributed by atoms with Crippen molar-refractivity contribution >= 4 is 5.91 Å². The smallest absolute Gasteiger partial charge is 0.220 e. The van der Waals surface area contributed by atoms with Crippen LogP contribution < -0.4 is 5.32 Å². The fourth-order valence-electron chi connectivity index (χ4n) is 6.73. The Hall–Kier alpha value is -1.65. The maximum atomic E-state index is 12.4. The fraction of sp³-hybridized carbons (Fsp3) is 0.812. The Morgan fingerprint density at radius 3 is 1.13 bits per heavy atom. The zero-order chi connectivity index (χ0) is 37.8. The predicted molar refractivity (Wildman–Crippen MR) is 230 cm³/mol. The molecule has 0 radical (unpaired) electrons. The average molecular weight is 728 g/mol.